The van der Waals surface area contributed by atoms with E-state index in [1.165, 1.54) is 16.2 Å². The fourth-order valence-electron chi connectivity index (χ4n) is 2.85. The van der Waals surface area contributed by atoms with Gasteiger partial charge in [0.05, 0.1) is 4.88 Å². The second kappa shape index (κ2) is 4.98. The minimum Gasteiger partial charge on any atom is -0.289 e. The van der Waals surface area contributed by atoms with E-state index in [0.29, 0.717) is 21.6 Å². The van der Waals surface area contributed by atoms with Crippen molar-refractivity contribution in [1.82, 2.24) is 0 Å². The lowest BCUT2D eigenvalue weighted by Crippen LogP contribution is -2.19. The molecule has 2 aromatic rings. The minimum atomic E-state index is 0.0113. The summed E-state index contributed by atoms with van der Waals surface area (Å²) in [5, 5.41) is 0. The molecule has 3 rings (SSSR count). The van der Waals surface area contributed by atoms with Gasteiger partial charge in [-0.05, 0) is 18.4 Å². The first-order valence-corrected chi connectivity index (χ1v) is 7.83. The lowest BCUT2D eigenvalue weighted by molar-refractivity contribution is 0.0982. The van der Waals surface area contributed by atoms with Crippen LogP contribution in [-0.2, 0) is 12.8 Å². The van der Waals surface area contributed by atoms with Gasteiger partial charge in [0.15, 0.2) is 5.78 Å². The Morgan fingerprint density at radius 1 is 1.00 bits per heavy atom. The third-order valence-corrected chi connectivity index (χ3v) is 5.06. The third kappa shape index (κ3) is 1.77. The summed E-state index contributed by atoms with van der Waals surface area (Å²) in [6.45, 7) is 4.18. The fraction of sp³-hybridized carbons (Fsp3) is 0.294. The van der Waals surface area contributed by atoms with Gasteiger partial charge in [-0.1, -0.05) is 44.5 Å². The van der Waals surface area contributed by atoms with Crippen LogP contribution >= 0.6 is 11.3 Å². The molecular formula is C17H16O2S. The molecule has 0 N–H and O–H groups in total. The first kappa shape index (κ1) is 13.3. The van der Waals surface area contributed by atoms with E-state index in [9.17, 15) is 9.59 Å². The van der Waals surface area contributed by atoms with E-state index in [2.05, 4.69) is 13.8 Å². The fourth-order valence-corrected chi connectivity index (χ4v) is 4.29. The maximum absolute atomic E-state index is 12.7. The summed E-state index contributed by atoms with van der Waals surface area (Å²) in [5.41, 5.74) is 2.86. The molecule has 0 spiro atoms. The zero-order chi connectivity index (χ0) is 14.3. The van der Waals surface area contributed by atoms with E-state index in [0.717, 1.165) is 24.8 Å². The molecule has 1 heterocycles. The Morgan fingerprint density at radius 3 is 2.25 bits per heavy atom. The van der Waals surface area contributed by atoms with Crippen LogP contribution in [0.2, 0.25) is 0 Å². The predicted molar refractivity (Wildman–Crippen MR) is 81.0 cm³/mol. The molecule has 1 aromatic heterocycles. The van der Waals surface area contributed by atoms with Crippen molar-refractivity contribution in [3.8, 4) is 0 Å². The predicted octanol–water partition coefficient (Wildman–Crippen LogP) is 4.04. The third-order valence-electron chi connectivity index (χ3n) is 3.77. The summed E-state index contributed by atoms with van der Waals surface area (Å²) >= 11 is 1.52. The summed E-state index contributed by atoms with van der Waals surface area (Å²) in [5.74, 6) is 0.0305. The zero-order valence-electron chi connectivity index (χ0n) is 11.7. The van der Waals surface area contributed by atoms with Crippen molar-refractivity contribution in [2.45, 2.75) is 33.1 Å². The van der Waals surface area contributed by atoms with E-state index < -0.39 is 0 Å². The molecule has 20 heavy (non-hydrogen) atoms. The molecule has 0 atom stereocenters. The Kier molecular flexibility index (Phi) is 3.30. The lowest BCUT2D eigenvalue weighted by Gasteiger charge is -2.14. The molecule has 0 unspecified atom stereocenters. The summed E-state index contributed by atoms with van der Waals surface area (Å²) in [7, 11) is 0. The molecule has 1 aliphatic carbocycles. The number of carbonyl (C=O) groups excluding carboxylic acids is 2. The molecule has 3 heteroatoms. The molecular weight excluding hydrogens is 268 g/mol. The molecule has 102 valence electrons. The maximum Gasteiger partial charge on any atom is 0.204 e. The van der Waals surface area contributed by atoms with Crippen LogP contribution in [0.1, 0.15) is 61.9 Å². The van der Waals surface area contributed by atoms with Crippen molar-refractivity contribution in [3.05, 3.63) is 56.3 Å². The van der Waals surface area contributed by atoms with Gasteiger partial charge >= 0.3 is 0 Å². The molecule has 0 bridgehead atoms. The van der Waals surface area contributed by atoms with Gasteiger partial charge in [-0.3, -0.25) is 9.59 Å². The van der Waals surface area contributed by atoms with Gasteiger partial charge in [0, 0.05) is 21.6 Å². The number of fused-ring (bicyclic) bond motifs is 2. The molecule has 2 nitrogen and oxygen atoms in total. The number of ketones is 2. The summed E-state index contributed by atoms with van der Waals surface area (Å²) < 4.78 is 0. The smallest absolute Gasteiger partial charge is 0.204 e. The quantitative estimate of drug-likeness (QED) is 0.727. The molecule has 0 fully saturated rings. The summed E-state index contributed by atoms with van der Waals surface area (Å²) in [4.78, 5) is 27.2. The van der Waals surface area contributed by atoms with Crippen LogP contribution in [0, 0.1) is 0 Å². The van der Waals surface area contributed by atoms with Crippen molar-refractivity contribution in [2.24, 2.45) is 0 Å². The molecule has 1 aliphatic rings. The number of benzene rings is 1. The van der Waals surface area contributed by atoms with E-state index in [1.54, 1.807) is 12.1 Å². The molecule has 0 saturated carbocycles. The second-order valence-corrected chi connectivity index (χ2v) is 6.12. The van der Waals surface area contributed by atoms with Gasteiger partial charge in [0.2, 0.25) is 5.78 Å². The van der Waals surface area contributed by atoms with Crippen molar-refractivity contribution in [2.75, 3.05) is 0 Å². The van der Waals surface area contributed by atoms with E-state index in [4.69, 9.17) is 0 Å². The van der Waals surface area contributed by atoms with Gasteiger partial charge in [-0.25, -0.2) is 0 Å². The van der Waals surface area contributed by atoms with Gasteiger partial charge < -0.3 is 0 Å². The van der Waals surface area contributed by atoms with Crippen LogP contribution in [0.3, 0.4) is 0 Å². The molecule has 0 radical (unpaired) electrons. The Bertz CT molecular complexity index is 710. The highest BCUT2D eigenvalue weighted by atomic mass is 32.1. The van der Waals surface area contributed by atoms with Gasteiger partial charge in [0.1, 0.15) is 0 Å². The van der Waals surface area contributed by atoms with Crippen molar-refractivity contribution in [3.63, 3.8) is 0 Å². The normalized spacial score (nSPS) is 13.3. The highest BCUT2D eigenvalue weighted by Gasteiger charge is 2.34. The minimum absolute atomic E-state index is 0.0113. The highest BCUT2D eigenvalue weighted by molar-refractivity contribution is 7.15. The Morgan fingerprint density at radius 2 is 1.65 bits per heavy atom. The van der Waals surface area contributed by atoms with Crippen LogP contribution in [0.4, 0.5) is 0 Å². The lowest BCUT2D eigenvalue weighted by atomic mass is 9.86. The first-order valence-electron chi connectivity index (χ1n) is 7.02. The van der Waals surface area contributed by atoms with Gasteiger partial charge in [0.25, 0.3) is 0 Å². The number of hydrogen-bond acceptors (Lipinski definition) is 3. The number of rotatable bonds is 3. The SMILES string of the molecule is CCCc1sc2c(c1CC)C(=O)c1ccccc1C2=O. The average Bonchev–Trinajstić information content (AvgIpc) is 2.84. The Balaban J connectivity index is 2.25. The Hall–Kier alpha value is -1.74. The summed E-state index contributed by atoms with van der Waals surface area (Å²) in [6.07, 6.45) is 2.78. The van der Waals surface area contributed by atoms with Crippen LogP contribution < -0.4 is 0 Å². The van der Waals surface area contributed by atoms with E-state index >= 15 is 0 Å². The number of aryl methyl sites for hydroxylation is 1. The Labute approximate surface area is 122 Å². The number of hydrogen-bond donors (Lipinski definition) is 0. The van der Waals surface area contributed by atoms with Gasteiger partial charge in [-0.2, -0.15) is 0 Å². The van der Waals surface area contributed by atoms with Crippen LogP contribution in [0.25, 0.3) is 0 Å². The topological polar surface area (TPSA) is 34.1 Å². The molecule has 0 saturated heterocycles. The first-order chi connectivity index (χ1) is 9.69. The largest absolute Gasteiger partial charge is 0.289 e. The van der Waals surface area contributed by atoms with Crippen LogP contribution in [0.15, 0.2) is 24.3 Å². The molecule has 0 aliphatic heterocycles. The summed E-state index contributed by atoms with van der Waals surface area (Å²) in [6, 6.07) is 7.15. The van der Waals surface area contributed by atoms with E-state index in [-0.39, 0.29) is 11.6 Å². The second-order valence-electron chi connectivity index (χ2n) is 5.02. The van der Waals surface area contributed by atoms with Crippen molar-refractivity contribution < 1.29 is 9.59 Å². The maximum atomic E-state index is 12.7. The van der Waals surface area contributed by atoms with Crippen LogP contribution in [-0.4, -0.2) is 11.6 Å². The molecule has 1 aromatic carbocycles. The van der Waals surface area contributed by atoms with Crippen molar-refractivity contribution in [1.29, 1.82) is 0 Å². The zero-order valence-corrected chi connectivity index (χ0v) is 12.5. The monoisotopic (exact) mass is 284 g/mol. The van der Waals surface area contributed by atoms with Crippen LogP contribution in [0.5, 0.6) is 0 Å². The number of carbonyl (C=O) groups is 2. The molecule has 0 amide bonds. The van der Waals surface area contributed by atoms with Gasteiger partial charge in [-0.15, -0.1) is 11.3 Å². The van der Waals surface area contributed by atoms with Crippen molar-refractivity contribution >= 4 is 22.9 Å². The number of thiophene rings is 1. The average molecular weight is 284 g/mol. The standard InChI is InChI=1S/C17H16O2S/c1-3-7-13-10(4-2)14-15(18)11-8-5-6-9-12(11)16(19)17(14)20-13/h5-6,8-9H,3-4,7H2,1-2H3. The van der Waals surface area contributed by atoms with E-state index in [1.807, 2.05) is 12.1 Å². The highest BCUT2D eigenvalue weighted by Crippen LogP contribution is 2.37.